The number of nitrogens with one attached hydrogen (secondary N) is 1. The van der Waals surface area contributed by atoms with Gasteiger partial charge in [0.15, 0.2) is 0 Å². The molecule has 1 saturated heterocycles. The first-order valence-corrected chi connectivity index (χ1v) is 4.66. The number of rotatable bonds is 2. The summed E-state index contributed by atoms with van der Waals surface area (Å²) >= 11 is 0. The Hall–Kier alpha value is -0.930. The summed E-state index contributed by atoms with van der Waals surface area (Å²) in [4.78, 5) is 3.98. The molecule has 2 unspecified atom stereocenters. The normalized spacial score (nSPS) is 27.8. The van der Waals surface area contributed by atoms with E-state index in [1.807, 2.05) is 24.5 Å². The average molecular weight is 178 g/mol. The number of aliphatic hydroxyl groups excluding tert-OH is 1. The molecule has 0 radical (unpaired) electrons. The number of nitrogens with zero attached hydrogens (tertiary/aromatic N) is 1. The van der Waals surface area contributed by atoms with Gasteiger partial charge < -0.3 is 10.4 Å². The summed E-state index contributed by atoms with van der Waals surface area (Å²) in [6.07, 6.45) is 4.72. The van der Waals surface area contributed by atoms with Crippen molar-refractivity contribution < 1.29 is 5.11 Å². The number of pyridine rings is 1. The Morgan fingerprint density at radius 2 is 2.23 bits per heavy atom. The van der Waals surface area contributed by atoms with Crippen LogP contribution in [0.15, 0.2) is 24.5 Å². The first-order chi connectivity index (χ1) is 6.42. The summed E-state index contributed by atoms with van der Waals surface area (Å²) in [7, 11) is 0. The number of aliphatic hydroxyl groups is 1. The van der Waals surface area contributed by atoms with Crippen LogP contribution in [0.4, 0.5) is 0 Å². The Labute approximate surface area is 77.8 Å². The van der Waals surface area contributed by atoms with Gasteiger partial charge >= 0.3 is 0 Å². The van der Waals surface area contributed by atoms with E-state index >= 15 is 0 Å². The van der Waals surface area contributed by atoms with Crippen LogP contribution in [0.5, 0.6) is 0 Å². The zero-order valence-electron chi connectivity index (χ0n) is 7.48. The average Bonchev–Trinajstić information content (AvgIpc) is 2.67. The van der Waals surface area contributed by atoms with E-state index in [1.165, 1.54) is 5.56 Å². The van der Waals surface area contributed by atoms with Crippen molar-refractivity contribution in [2.24, 2.45) is 0 Å². The van der Waals surface area contributed by atoms with Gasteiger partial charge in [-0.25, -0.2) is 0 Å². The summed E-state index contributed by atoms with van der Waals surface area (Å²) in [6.45, 7) is 1.21. The highest BCUT2D eigenvalue weighted by atomic mass is 16.3. The quantitative estimate of drug-likeness (QED) is 0.694. The molecule has 70 valence electrons. The predicted molar refractivity (Wildman–Crippen MR) is 50.5 cm³/mol. The minimum Gasteiger partial charge on any atom is -0.395 e. The van der Waals surface area contributed by atoms with Crippen molar-refractivity contribution in [2.75, 3.05) is 13.2 Å². The van der Waals surface area contributed by atoms with E-state index in [9.17, 15) is 0 Å². The molecule has 2 rings (SSSR count). The van der Waals surface area contributed by atoms with E-state index in [2.05, 4.69) is 10.3 Å². The molecule has 0 aromatic carbocycles. The van der Waals surface area contributed by atoms with Gasteiger partial charge in [-0.2, -0.15) is 0 Å². The maximum atomic E-state index is 9.12. The van der Waals surface area contributed by atoms with Crippen LogP contribution in [0.2, 0.25) is 0 Å². The number of hydrogen-bond acceptors (Lipinski definition) is 3. The molecule has 2 atom stereocenters. The summed E-state index contributed by atoms with van der Waals surface area (Å²) in [5.41, 5.74) is 1.28. The standard InChI is InChI=1S/C10H14N2O/c13-7-10-9(3-6-12-10)8-1-4-11-5-2-8/h1-2,4-5,9-10,12-13H,3,6-7H2. The summed E-state index contributed by atoms with van der Waals surface area (Å²) in [5, 5.41) is 12.4. The van der Waals surface area contributed by atoms with E-state index in [4.69, 9.17) is 5.11 Å². The number of aromatic nitrogens is 1. The third kappa shape index (κ3) is 1.71. The Kier molecular flexibility index (Phi) is 2.57. The van der Waals surface area contributed by atoms with Gasteiger partial charge in [0, 0.05) is 24.4 Å². The molecule has 0 amide bonds. The largest absolute Gasteiger partial charge is 0.395 e. The molecule has 1 aromatic rings. The maximum Gasteiger partial charge on any atom is 0.0590 e. The summed E-state index contributed by atoms with van der Waals surface area (Å²) in [6, 6.07) is 4.28. The molecule has 13 heavy (non-hydrogen) atoms. The highest BCUT2D eigenvalue weighted by Gasteiger charge is 2.26. The molecule has 3 heteroatoms. The van der Waals surface area contributed by atoms with Gasteiger partial charge in [0.1, 0.15) is 0 Å². The SMILES string of the molecule is OCC1NCCC1c1ccncc1. The van der Waals surface area contributed by atoms with Gasteiger partial charge in [0.2, 0.25) is 0 Å². The molecule has 1 aliphatic heterocycles. The molecule has 1 aromatic heterocycles. The molecule has 1 aliphatic rings. The van der Waals surface area contributed by atoms with E-state index in [0.29, 0.717) is 5.92 Å². The lowest BCUT2D eigenvalue weighted by molar-refractivity contribution is 0.245. The minimum absolute atomic E-state index is 0.215. The van der Waals surface area contributed by atoms with Crippen LogP contribution in [-0.2, 0) is 0 Å². The molecule has 2 heterocycles. The van der Waals surface area contributed by atoms with Crippen molar-refractivity contribution in [2.45, 2.75) is 18.4 Å². The van der Waals surface area contributed by atoms with Crippen molar-refractivity contribution in [3.63, 3.8) is 0 Å². The Bertz CT molecular complexity index is 263. The highest BCUT2D eigenvalue weighted by molar-refractivity contribution is 5.19. The Balaban J connectivity index is 2.16. The molecule has 0 bridgehead atoms. The topological polar surface area (TPSA) is 45.1 Å². The first kappa shape index (κ1) is 8.66. The van der Waals surface area contributed by atoms with Crippen molar-refractivity contribution >= 4 is 0 Å². The van der Waals surface area contributed by atoms with Crippen molar-refractivity contribution in [3.8, 4) is 0 Å². The molecule has 0 spiro atoms. The van der Waals surface area contributed by atoms with Crippen molar-refractivity contribution in [1.82, 2.24) is 10.3 Å². The molecule has 2 N–H and O–H groups in total. The van der Waals surface area contributed by atoms with Crippen LogP contribution in [0.1, 0.15) is 17.9 Å². The van der Waals surface area contributed by atoms with Crippen LogP contribution in [0.3, 0.4) is 0 Å². The molecule has 0 aliphatic carbocycles. The van der Waals surface area contributed by atoms with Gasteiger partial charge in [-0.15, -0.1) is 0 Å². The van der Waals surface area contributed by atoms with E-state index in [-0.39, 0.29) is 12.6 Å². The predicted octanol–water partition coefficient (Wildman–Crippen LogP) is 0.519. The molecule has 0 saturated carbocycles. The van der Waals surface area contributed by atoms with Crippen molar-refractivity contribution in [3.05, 3.63) is 30.1 Å². The Morgan fingerprint density at radius 1 is 1.46 bits per heavy atom. The van der Waals surface area contributed by atoms with Crippen LogP contribution in [0, 0.1) is 0 Å². The zero-order valence-corrected chi connectivity index (χ0v) is 7.48. The van der Waals surface area contributed by atoms with E-state index in [1.54, 1.807) is 0 Å². The fourth-order valence-electron chi connectivity index (χ4n) is 1.97. The van der Waals surface area contributed by atoms with Gasteiger partial charge in [0.05, 0.1) is 6.61 Å². The first-order valence-electron chi connectivity index (χ1n) is 4.66. The zero-order chi connectivity index (χ0) is 9.10. The van der Waals surface area contributed by atoms with Crippen LogP contribution in [0.25, 0.3) is 0 Å². The van der Waals surface area contributed by atoms with E-state index < -0.39 is 0 Å². The van der Waals surface area contributed by atoms with Crippen LogP contribution in [-0.4, -0.2) is 29.3 Å². The molecular weight excluding hydrogens is 164 g/mol. The lowest BCUT2D eigenvalue weighted by Crippen LogP contribution is -2.29. The third-order valence-electron chi connectivity index (χ3n) is 2.68. The minimum atomic E-state index is 0.215. The highest BCUT2D eigenvalue weighted by Crippen LogP contribution is 2.26. The second-order valence-corrected chi connectivity index (χ2v) is 3.42. The van der Waals surface area contributed by atoms with Crippen LogP contribution < -0.4 is 5.32 Å². The lowest BCUT2D eigenvalue weighted by Gasteiger charge is -2.16. The lowest BCUT2D eigenvalue weighted by atomic mass is 9.93. The fourth-order valence-corrected chi connectivity index (χ4v) is 1.97. The van der Waals surface area contributed by atoms with E-state index in [0.717, 1.165) is 13.0 Å². The van der Waals surface area contributed by atoms with Gasteiger partial charge in [-0.1, -0.05) is 0 Å². The molecule has 3 nitrogen and oxygen atoms in total. The number of hydrogen-bond donors (Lipinski definition) is 2. The fraction of sp³-hybridized carbons (Fsp3) is 0.500. The maximum absolute atomic E-state index is 9.12. The summed E-state index contributed by atoms with van der Waals surface area (Å²) in [5.74, 6) is 0.452. The monoisotopic (exact) mass is 178 g/mol. The second-order valence-electron chi connectivity index (χ2n) is 3.42. The third-order valence-corrected chi connectivity index (χ3v) is 2.68. The van der Waals surface area contributed by atoms with Crippen LogP contribution >= 0.6 is 0 Å². The molecule has 1 fully saturated rings. The van der Waals surface area contributed by atoms with Gasteiger partial charge in [0.25, 0.3) is 0 Å². The smallest absolute Gasteiger partial charge is 0.0590 e. The van der Waals surface area contributed by atoms with Gasteiger partial charge in [-0.05, 0) is 30.7 Å². The molecular formula is C10H14N2O. The second kappa shape index (κ2) is 3.85. The van der Waals surface area contributed by atoms with Crippen molar-refractivity contribution in [1.29, 1.82) is 0 Å². The Morgan fingerprint density at radius 3 is 2.92 bits per heavy atom. The summed E-state index contributed by atoms with van der Waals surface area (Å²) < 4.78 is 0. The van der Waals surface area contributed by atoms with Gasteiger partial charge in [-0.3, -0.25) is 4.98 Å².